The molecule has 1 atom stereocenters. The van der Waals surface area contributed by atoms with E-state index in [-0.39, 0.29) is 17.9 Å². The largest absolute Gasteiger partial charge is 0.469 e. The van der Waals surface area contributed by atoms with Crippen molar-refractivity contribution in [1.82, 2.24) is 20.4 Å². The number of aryl methyl sites for hydroxylation is 2. The maximum absolute atomic E-state index is 11.7. The molecule has 1 rings (SSSR count). The second-order valence-corrected chi connectivity index (χ2v) is 5.88. The van der Waals surface area contributed by atoms with Gasteiger partial charge in [-0.3, -0.25) is 9.48 Å². The van der Waals surface area contributed by atoms with Crippen LogP contribution in [0.25, 0.3) is 0 Å². The number of hydrogen-bond donors (Lipinski definition) is 2. The Kier molecular flexibility index (Phi) is 8.15. The molecule has 0 saturated carbocycles. The molecule has 0 radical (unpaired) electrons. The fourth-order valence-electron chi connectivity index (χ4n) is 2.25. The summed E-state index contributed by atoms with van der Waals surface area (Å²) < 4.78 is 6.52. The first-order valence-electron chi connectivity index (χ1n) is 8.02. The Morgan fingerprint density at radius 2 is 2.04 bits per heavy atom. The number of urea groups is 1. The van der Waals surface area contributed by atoms with E-state index in [0.29, 0.717) is 25.9 Å². The Balaban J connectivity index is 2.13. The third-order valence-electron chi connectivity index (χ3n) is 3.52. The summed E-state index contributed by atoms with van der Waals surface area (Å²) in [4.78, 5) is 22.6. The van der Waals surface area contributed by atoms with E-state index in [1.165, 1.54) is 7.11 Å². The van der Waals surface area contributed by atoms with Gasteiger partial charge in [0.1, 0.15) is 0 Å². The van der Waals surface area contributed by atoms with Crippen molar-refractivity contribution in [2.24, 2.45) is 5.92 Å². The van der Waals surface area contributed by atoms with Crippen molar-refractivity contribution in [3.05, 3.63) is 17.5 Å². The molecular formula is C16H28N4O3. The second kappa shape index (κ2) is 9.86. The highest BCUT2D eigenvalue weighted by Gasteiger charge is 2.09. The van der Waals surface area contributed by atoms with Crippen molar-refractivity contribution in [2.75, 3.05) is 20.2 Å². The van der Waals surface area contributed by atoms with Crippen molar-refractivity contribution < 1.29 is 14.3 Å². The van der Waals surface area contributed by atoms with Gasteiger partial charge in [-0.25, -0.2) is 4.79 Å². The summed E-state index contributed by atoms with van der Waals surface area (Å²) in [6.07, 6.45) is 1.85. The molecule has 7 heteroatoms. The number of unbranched alkanes of at least 4 members (excludes halogenated alkanes) is 1. The number of hydrogen-bond acceptors (Lipinski definition) is 4. The van der Waals surface area contributed by atoms with Crippen LogP contribution in [0.5, 0.6) is 0 Å². The molecule has 1 aromatic heterocycles. The zero-order chi connectivity index (χ0) is 17.2. The molecule has 1 aromatic rings. The first-order chi connectivity index (χ1) is 10.9. The predicted molar refractivity (Wildman–Crippen MR) is 88.1 cm³/mol. The van der Waals surface area contributed by atoms with Gasteiger partial charge in [0.15, 0.2) is 0 Å². The molecule has 0 aliphatic heterocycles. The molecule has 0 spiro atoms. The maximum Gasteiger partial charge on any atom is 0.314 e. The predicted octanol–water partition coefficient (Wildman–Crippen LogP) is 1.78. The molecular weight excluding hydrogens is 296 g/mol. The highest BCUT2D eigenvalue weighted by molar-refractivity contribution is 5.73. The number of carbonyl (C=O) groups excluding carboxylic acids is 2. The van der Waals surface area contributed by atoms with Crippen molar-refractivity contribution in [2.45, 2.75) is 46.6 Å². The first-order valence-corrected chi connectivity index (χ1v) is 8.02. The molecule has 130 valence electrons. The number of esters is 1. The van der Waals surface area contributed by atoms with E-state index in [0.717, 1.165) is 24.4 Å². The van der Waals surface area contributed by atoms with Crippen LogP contribution in [0.3, 0.4) is 0 Å². The molecule has 0 bridgehead atoms. The summed E-state index contributed by atoms with van der Waals surface area (Å²) in [5.74, 6) is 0.0745. The van der Waals surface area contributed by atoms with Crippen LogP contribution in [0.2, 0.25) is 0 Å². The quantitative estimate of drug-likeness (QED) is 0.535. The smallest absolute Gasteiger partial charge is 0.314 e. The molecule has 23 heavy (non-hydrogen) atoms. The fraction of sp³-hybridized carbons (Fsp3) is 0.688. The molecule has 0 aliphatic rings. The lowest BCUT2D eigenvalue weighted by Gasteiger charge is -2.14. The van der Waals surface area contributed by atoms with E-state index < -0.39 is 0 Å². The van der Waals surface area contributed by atoms with Crippen LogP contribution >= 0.6 is 0 Å². The number of rotatable bonds is 9. The Hall–Kier alpha value is -2.05. The van der Waals surface area contributed by atoms with Gasteiger partial charge in [0.25, 0.3) is 0 Å². The lowest BCUT2D eigenvalue weighted by atomic mass is 10.2. The van der Waals surface area contributed by atoms with Gasteiger partial charge in [-0.1, -0.05) is 6.92 Å². The molecule has 0 aromatic carbocycles. The van der Waals surface area contributed by atoms with Crippen molar-refractivity contribution in [3.8, 4) is 0 Å². The number of aromatic nitrogens is 2. The molecule has 0 fully saturated rings. The van der Waals surface area contributed by atoms with Gasteiger partial charge < -0.3 is 15.4 Å². The number of nitrogens with one attached hydrogen (secondary N) is 2. The highest BCUT2D eigenvalue weighted by atomic mass is 16.5. The maximum atomic E-state index is 11.7. The summed E-state index contributed by atoms with van der Waals surface area (Å²) in [6.45, 7) is 7.99. The number of nitrogens with zero attached hydrogens (tertiary/aromatic N) is 2. The lowest BCUT2D eigenvalue weighted by Crippen LogP contribution is -2.39. The topological polar surface area (TPSA) is 85.2 Å². The fourth-order valence-corrected chi connectivity index (χ4v) is 2.25. The monoisotopic (exact) mass is 324 g/mol. The van der Waals surface area contributed by atoms with Gasteiger partial charge >= 0.3 is 12.0 Å². The minimum atomic E-state index is -0.215. The van der Waals surface area contributed by atoms with Gasteiger partial charge in [-0.05, 0) is 38.7 Å². The summed E-state index contributed by atoms with van der Waals surface area (Å²) in [5, 5.41) is 10.1. The van der Waals surface area contributed by atoms with E-state index in [1.54, 1.807) is 0 Å². The standard InChI is InChI=1S/C16H28N4O3/c1-12(11-20-14(3)9-13(2)19-20)10-18-16(22)17-8-6-5-7-15(21)23-4/h9,12H,5-8,10-11H2,1-4H3,(H2,17,18,22)/t12-/m1/s1. The van der Waals surface area contributed by atoms with E-state index >= 15 is 0 Å². The Labute approximate surface area is 137 Å². The van der Waals surface area contributed by atoms with Crippen LogP contribution in [-0.2, 0) is 16.1 Å². The average Bonchev–Trinajstić information content (AvgIpc) is 2.82. The van der Waals surface area contributed by atoms with Crippen LogP contribution in [0.1, 0.15) is 37.6 Å². The summed E-state index contributed by atoms with van der Waals surface area (Å²) in [5.41, 5.74) is 2.14. The van der Waals surface area contributed by atoms with Crippen LogP contribution in [0, 0.1) is 19.8 Å². The summed E-state index contributed by atoms with van der Waals surface area (Å²) in [6, 6.07) is 1.87. The van der Waals surface area contributed by atoms with E-state index in [9.17, 15) is 9.59 Å². The summed E-state index contributed by atoms with van der Waals surface area (Å²) in [7, 11) is 1.38. The number of methoxy groups -OCH3 is 1. The minimum absolute atomic E-state index is 0.178. The van der Waals surface area contributed by atoms with Gasteiger partial charge in [0.05, 0.1) is 12.8 Å². The third kappa shape index (κ3) is 7.67. The minimum Gasteiger partial charge on any atom is -0.469 e. The van der Waals surface area contributed by atoms with Gasteiger partial charge in [-0.15, -0.1) is 0 Å². The van der Waals surface area contributed by atoms with Crippen molar-refractivity contribution in [3.63, 3.8) is 0 Å². The van der Waals surface area contributed by atoms with Gasteiger partial charge in [0.2, 0.25) is 0 Å². The number of carbonyl (C=O) groups is 2. The molecule has 0 saturated heterocycles. The molecule has 7 nitrogen and oxygen atoms in total. The second-order valence-electron chi connectivity index (χ2n) is 5.88. The van der Waals surface area contributed by atoms with E-state index in [2.05, 4.69) is 27.4 Å². The zero-order valence-electron chi connectivity index (χ0n) is 14.5. The number of amides is 2. The average molecular weight is 324 g/mol. The SMILES string of the molecule is COC(=O)CCCCNC(=O)NC[C@@H](C)Cn1nc(C)cc1C. The van der Waals surface area contributed by atoms with Gasteiger partial charge in [0, 0.05) is 31.7 Å². The molecule has 1 heterocycles. The first kappa shape index (κ1) is 19.0. The van der Waals surface area contributed by atoms with E-state index in [4.69, 9.17) is 0 Å². The molecule has 2 amide bonds. The van der Waals surface area contributed by atoms with Crippen LogP contribution in [0.15, 0.2) is 6.07 Å². The zero-order valence-corrected chi connectivity index (χ0v) is 14.5. The van der Waals surface area contributed by atoms with E-state index in [1.807, 2.05) is 24.6 Å². The van der Waals surface area contributed by atoms with Crippen molar-refractivity contribution >= 4 is 12.0 Å². The van der Waals surface area contributed by atoms with Crippen molar-refractivity contribution in [1.29, 1.82) is 0 Å². The molecule has 0 aliphatic carbocycles. The van der Waals surface area contributed by atoms with Crippen LogP contribution in [-0.4, -0.2) is 42.0 Å². The highest BCUT2D eigenvalue weighted by Crippen LogP contribution is 2.05. The normalized spacial score (nSPS) is 11.8. The third-order valence-corrected chi connectivity index (χ3v) is 3.52. The number of ether oxygens (including phenoxy) is 1. The Morgan fingerprint density at radius 1 is 1.30 bits per heavy atom. The molecule has 2 N–H and O–H groups in total. The van der Waals surface area contributed by atoms with Crippen LogP contribution in [0.4, 0.5) is 4.79 Å². The van der Waals surface area contributed by atoms with Crippen LogP contribution < -0.4 is 10.6 Å². The Bertz CT molecular complexity index is 513. The molecule has 0 unspecified atom stereocenters. The van der Waals surface area contributed by atoms with Gasteiger partial charge in [-0.2, -0.15) is 5.10 Å². The Morgan fingerprint density at radius 3 is 2.65 bits per heavy atom. The summed E-state index contributed by atoms with van der Waals surface area (Å²) >= 11 is 0. The lowest BCUT2D eigenvalue weighted by molar-refractivity contribution is -0.140.